The van der Waals surface area contributed by atoms with Crippen LogP contribution in [-0.4, -0.2) is 41.2 Å². The van der Waals surface area contributed by atoms with Gasteiger partial charge in [-0.1, -0.05) is 25.7 Å². The van der Waals surface area contributed by atoms with Gasteiger partial charge in [0.15, 0.2) is 11.7 Å². The van der Waals surface area contributed by atoms with E-state index in [1.807, 2.05) is 0 Å². The quantitative estimate of drug-likeness (QED) is 0.160. The third kappa shape index (κ3) is 10.8. The molecule has 0 aliphatic rings. The number of hydrogen-bond donors (Lipinski definition) is 4. The molecule has 0 saturated heterocycles. The Hall–Kier alpha value is -1.96. The molecular formula is C14H26N4O4. The van der Waals surface area contributed by atoms with Gasteiger partial charge in [-0.2, -0.15) is 0 Å². The highest BCUT2D eigenvalue weighted by Crippen LogP contribution is 2.08. The monoisotopic (exact) mass is 314 g/mol. The molecule has 0 fully saturated rings. The second kappa shape index (κ2) is 11.7. The van der Waals surface area contributed by atoms with Crippen LogP contribution in [0.5, 0.6) is 0 Å². The van der Waals surface area contributed by atoms with Gasteiger partial charge in [-0.15, -0.1) is 0 Å². The lowest BCUT2D eigenvalue weighted by Crippen LogP contribution is -2.37. The molecule has 1 atom stereocenters. The number of hydrogen-bond acceptors (Lipinski definition) is 5. The Morgan fingerprint density at radius 2 is 1.50 bits per heavy atom. The van der Waals surface area contributed by atoms with Gasteiger partial charge in [0.1, 0.15) is 0 Å². The molecule has 126 valence electrons. The van der Waals surface area contributed by atoms with Crippen molar-refractivity contribution in [3.05, 3.63) is 0 Å². The molecule has 0 aliphatic heterocycles. The largest absolute Gasteiger partial charge is 0.481 e. The minimum atomic E-state index is -1.24. The van der Waals surface area contributed by atoms with Gasteiger partial charge in [-0.25, -0.2) is 0 Å². The average Bonchev–Trinajstić information content (AvgIpc) is 2.43. The molecule has 0 aromatic heterocycles. The maximum Gasteiger partial charge on any atom is 0.305 e. The Morgan fingerprint density at radius 1 is 0.955 bits per heavy atom. The second-order valence-corrected chi connectivity index (χ2v) is 5.17. The lowest BCUT2D eigenvalue weighted by atomic mass is 10.0. The summed E-state index contributed by atoms with van der Waals surface area (Å²) in [6, 6.07) is -1.24. The minimum absolute atomic E-state index is 0.101. The molecule has 0 saturated carbocycles. The number of carboxylic acid groups (broad SMARTS) is 1. The number of Topliss-reactive ketones (excluding diaryl/α,β-unsaturated/α-hetero) is 2. The number of ketones is 2. The van der Waals surface area contributed by atoms with E-state index in [9.17, 15) is 14.4 Å². The first-order chi connectivity index (χ1) is 10.3. The number of carboxylic acids is 1. The predicted octanol–water partition coefficient (Wildman–Crippen LogP) is -0.0693. The van der Waals surface area contributed by atoms with Gasteiger partial charge in [0.05, 0.1) is 12.5 Å². The smallest absolute Gasteiger partial charge is 0.305 e. The SMILES string of the molecule is NC(N)=NCCCCCCCCC(=O)C(=O)[C@@H](N)CC(=O)O. The van der Waals surface area contributed by atoms with Crippen molar-refractivity contribution < 1.29 is 19.5 Å². The van der Waals surface area contributed by atoms with Crippen LogP contribution in [0.4, 0.5) is 0 Å². The van der Waals surface area contributed by atoms with Crippen LogP contribution in [0.3, 0.4) is 0 Å². The maximum atomic E-state index is 11.5. The molecule has 0 aromatic carbocycles. The van der Waals surface area contributed by atoms with Gasteiger partial charge in [0.25, 0.3) is 0 Å². The fourth-order valence-electron chi connectivity index (χ4n) is 1.92. The third-order valence-electron chi connectivity index (χ3n) is 3.11. The maximum absolute atomic E-state index is 11.5. The van der Waals surface area contributed by atoms with Crippen molar-refractivity contribution in [3.63, 3.8) is 0 Å². The number of carbonyl (C=O) groups is 3. The van der Waals surface area contributed by atoms with Gasteiger partial charge in [-0.3, -0.25) is 19.4 Å². The summed E-state index contributed by atoms with van der Waals surface area (Å²) >= 11 is 0. The second-order valence-electron chi connectivity index (χ2n) is 5.17. The first kappa shape index (κ1) is 20.0. The van der Waals surface area contributed by atoms with Crippen LogP contribution >= 0.6 is 0 Å². The number of nitrogens with zero attached hydrogens (tertiary/aromatic N) is 1. The number of aliphatic carboxylic acids is 1. The lowest BCUT2D eigenvalue weighted by Gasteiger charge is -2.06. The van der Waals surface area contributed by atoms with Gasteiger partial charge in [-0.05, 0) is 12.8 Å². The summed E-state index contributed by atoms with van der Waals surface area (Å²) < 4.78 is 0. The van der Waals surface area contributed by atoms with Crippen molar-refractivity contribution in [2.45, 2.75) is 57.4 Å². The molecule has 8 nitrogen and oxygen atoms in total. The number of unbranched alkanes of at least 4 members (excludes halogenated alkanes) is 5. The van der Waals surface area contributed by atoms with E-state index in [0.717, 1.165) is 32.1 Å². The molecule has 22 heavy (non-hydrogen) atoms. The standard InChI is InChI=1S/C14H26N4O4/c15-10(9-12(20)21)13(22)11(19)7-5-3-1-2-4-6-8-18-14(16)17/h10H,1-9,15H2,(H,20,21)(H4,16,17,18)/t10-/m0/s1. The Labute approximate surface area is 130 Å². The zero-order valence-electron chi connectivity index (χ0n) is 12.8. The van der Waals surface area contributed by atoms with E-state index in [4.69, 9.17) is 22.3 Å². The van der Waals surface area contributed by atoms with E-state index in [0.29, 0.717) is 13.0 Å². The Morgan fingerprint density at radius 3 is 2.05 bits per heavy atom. The van der Waals surface area contributed by atoms with Crippen LogP contribution in [0.1, 0.15) is 51.4 Å². The van der Waals surface area contributed by atoms with Gasteiger partial charge >= 0.3 is 5.97 Å². The number of guanidine groups is 1. The summed E-state index contributed by atoms with van der Waals surface area (Å²) in [4.78, 5) is 37.3. The number of aliphatic imine (C=N–C) groups is 1. The topological polar surface area (TPSA) is 162 Å². The van der Waals surface area contributed by atoms with Gasteiger partial charge < -0.3 is 22.3 Å². The molecule has 0 unspecified atom stereocenters. The first-order valence-corrected chi connectivity index (χ1v) is 7.44. The highest BCUT2D eigenvalue weighted by Gasteiger charge is 2.23. The van der Waals surface area contributed by atoms with E-state index >= 15 is 0 Å². The molecule has 0 spiro atoms. The lowest BCUT2D eigenvalue weighted by molar-refractivity contribution is -0.141. The summed E-state index contributed by atoms with van der Waals surface area (Å²) in [5.41, 5.74) is 15.8. The summed E-state index contributed by atoms with van der Waals surface area (Å²) in [6.45, 7) is 0.622. The van der Waals surface area contributed by atoms with Gasteiger partial charge in [0.2, 0.25) is 5.78 Å². The first-order valence-electron chi connectivity index (χ1n) is 7.44. The van der Waals surface area contributed by atoms with E-state index < -0.39 is 30.0 Å². The molecule has 0 aromatic rings. The van der Waals surface area contributed by atoms with Crippen molar-refractivity contribution in [1.29, 1.82) is 0 Å². The van der Waals surface area contributed by atoms with Crippen LogP contribution < -0.4 is 17.2 Å². The van der Waals surface area contributed by atoms with Crippen LogP contribution in [-0.2, 0) is 14.4 Å². The third-order valence-corrected chi connectivity index (χ3v) is 3.11. The average molecular weight is 314 g/mol. The molecule has 0 radical (unpaired) electrons. The molecule has 0 bridgehead atoms. The molecule has 0 amide bonds. The molecule has 7 N–H and O–H groups in total. The summed E-state index contributed by atoms with van der Waals surface area (Å²) in [7, 11) is 0. The Kier molecular flexibility index (Phi) is 10.6. The molecule has 8 heteroatoms. The van der Waals surface area contributed by atoms with Crippen molar-refractivity contribution in [2.75, 3.05) is 6.54 Å². The minimum Gasteiger partial charge on any atom is -0.481 e. The van der Waals surface area contributed by atoms with Crippen molar-refractivity contribution in [1.82, 2.24) is 0 Å². The molecule has 0 heterocycles. The molecule has 0 rings (SSSR count). The fourth-order valence-corrected chi connectivity index (χ4v) is 1.92. The Balaban J connectivity index is 3.62. The van der Waals surface area contributed by atoms with Crippen LogP contribution in [0.15, 0.2) is 4.99 Å². The zero-order chi connectivity index (χ0) is 17.0. The number of rotatable bonds is 13. The zero-order valence-corrected chi connectivity index (χ0v) is 12.8. The summed E-state index contributed by atoms with van der Waals surface area (Å²) in [6.07, 6.45) is 4.96. The van der Waals surface area contributed by atoms with Gasteiger partial charge in [0, 0.05) is 13.0 Å². The normalized spacial score (nSPS) is 11.7. The number of nitrogens with two attached hydrogens (primary N) is 3. The van der Waals surface area contributed by atoms with E-state index in [1.54, 1.807) is 0 Å². The summed E-state index contributed by atoms with van der Waals surface area (Å²) in [5.74, 6) is -2.46. The molecular weight excluding hydrogens is 288 g/mol. The van der Waals surface area contributed by atoms with Crippen molar-refractivity contribution in [3.8, 4) is 0 Å². The molecule has 0 aliphatic carbocycles. The van der Waals surface area contributed by atoms with Crippen molar-refractivity contribution >= 4 is 23.5 Å². The summed E-state index contributed by atoms with van der Waals surface area (Å²) in [5, 5.41) is 8.51. The van der Waals surface area contributed by atoms with Crippen LogP contribution in [0.25, 0.3) is 0 Å². The number of carbonyl (C=O) groups excluding carboxylic acids is 2. The fraction of sp³-hybridized carbons (Fsp3) is 0.714. The van der Waals surface area contributed by atoms with Crippen LogP contribution in [0, 0.1) is 0 Å². The van der Waals surface area contributed by atoms with E-state index in [-0.39, 0.29) is 12.4 Å². The van der Waals surface area contributed by atoms with E-state index in [1.165, 1.54) is 0 Å². The van der Waals surface area contributed by atoms with Crippen LogP contribution in [0.2, 0.25) is 0 Å². The Bertz CT molecular complexity index is 406. The highest BCUT2D eigenvalue weighted by molar-refractivity contribution is 6.39. The predicted molar refractivity (Wildman–Crippen MR) is 83.2 cm³/mol. The van der Waals surface area contributed by atoms with Crippen molar-refractivity contribution in [2.24, 2.45) is 22.2 Å². The van der Waals surface area contributed by atoms with E-state index in [2.05, 4.69) is 4.99 Å². The highest BCUT2D eigenvalue weighted by atomic mass is 16.4.